The number of ether oxygens (including phenoxy) is 2. The van der Waals surface area contributed by atoms with E-state index in [1.807, 2.05) is 0 Å². The van der Waals surface area contributed by atoms with Crippen molar-refractivity contribution in [3.8, 4) is 0 Å². The molecule has 0 saturated carbocycles. The van der Waals surface area contributed by atoms with Crippen molar-refractivity contribution in [2.45, 2.75) is 110 Å². The highest BCUT2D eigenvalue weighted by Crippen LogP contribution is 2.43. The SMILES string of the molecule is CCCCCCCCCCC(=O)OC(COC(=O)CCCCCC)COP(=O)(O)OCCN. The molecule has 10 heteroatoms. The Kier molecular flexibility index (Phi) is 20.9. The van der Waals surface area contributed by atoms with Crippen molar-refractivity contribution in [1.29, 1.82) is 0 Å². The van der Waals surface area contributed by atoms with Gasteiger partial charge in [0.15, 0.2) is 6.10 Å². The van der Waals surface area contributed by atoms with Crippen LogP contribution in [0.4, 0.5) is 0 Å². The number of phosphoric ester groups is 1. The summed E-state index contributed by atoms with van der Waals surface area (Å²) in [6.07, 6.45) is 12.1. The van der Waals surface area contributed by atoms with Gasteiger partial charge in [0.25, 0.3) is 0 Å². The van der Waals surface area contributed by atoms with Crippen molar-refractivity contribution in [1.82, 2.24) is 0 Å². The maximum absolute atomic E-state index is 12.2. The predicted octanol–water partition coefficient (Wildman–Crippen LogP) is 5.03. The van der Waals surface area contributed by atoms with Crippen molar-refractivity contribution < 1.29 is 37.6 Å². The standard InChI is InChI=1S/C23H46NO8P/c1-3-5-7-9-10-11-12-14-16-23(26)32-21(20-31-33(27,28)30-18-17-24)19-29-22(25)15-13-8-6-4-2/h21H,3-20,24H2,1-2H3,(H,27,28). The van der Waals surface area contributed by atoms with Gasteiger partial charge in [0.2, 0.25) is 0 Å². The first-order chi connectivity index (χ1) is 15.8. The molecule has 3 N–H and O–H groups in total. The van der Waals surface area contributed by atoms with Gasteiger partial charge in [0.05, 0.1) is 13.2 Å². The second-order valence-corrected chi connectivity index (χ2v) is 9.67. The van der Waals surface area contributed by atoms with Gasteiger partial charge in [-0.3, -0.25) is 18.6 Å². The third kappa shape index (κ3) is 21.3. The Morgan fingerprint density at radius 3 is 1.88 bits per heavy atom. The molecule has 2 unspecified atom stereocenters. The smallest absolute Gasteiger partial charge is 0.462 e. The third-order valence-corrected chi connectivity index (χ3v) is 5.98. The lowest BCUT2D eigenvalue weighted by molar-refractivity contribution is -0.161. The van der Waals surface area contributed by atoms with Crippen LogP contribution in [0, 0.1) is 0 Å². The van der Waals surface area contributed by atoms with Crippen LogP contribution < -0.4 is 5.73 Å². The Labute approximate surface area is 199 Å². The van der Waals surface area contributed by atoms with Crippen LogP contribution in [0.2, 0.25) is 0 Å². The fourth-order valence-electron chi connectivity index (χ4n) is 3.10. The molecule has 0 aromatic carbocycles. The molecule has 0 aliphatic rings. The van der Waals surface area contributed by atoms with Gasteiger partial charge in [-0.25, -0.2) is 4.57 Å². The molecule has 0 aromatic rings. The fraction of sp³-hybridized carbons (Fsp3) is 0.913. The molecule has 0 bridgehead atoms. The van der Waals surface area contributed by atoms with E-state index in [0.29, 0.717) is 6.42 Å². The van der Waals surface area contributed by atoms with Gasteiger partial charge >= 0.3 is 19.8 Å². The maximum Gasteiger partial charge on any atom is 0.472 e. The van der Waals surface area contributed by atoms with E-state index in [9.17, 15) is 19.0 Å². The lowest BCUT2D eigenvalue weighted by Gasteiger charge is -2.19. The zero-order chi connectivity index (χ0) is 24.8. The van der Waals surface area contributed by atoms with Gasteiger partial charge in [-0.05, 0) is 12.8 Å². The highest BCUT2D eigenvalue weighted by atomic mass is 31.2. The molecule has 0 aliphatic carbocycles. The Hall–Kier alpha value is -0.990. The monoisotopic (exact) mass is 495 g/mol. The molecule has 0 saturated heterocycles. The van der Waals surface area contributed by atoms with E-state index in [1.54, 1.807) is 0 Å². The molecule has 196 valence electrons. The summed E-state index contributed by atoms with van der Waals surface area (Å²) in [5, 5.41) is 0. The Balaban J connectivity index is 4.42. The number of nitrogens with two attached hydrogens (primary N) is 1. The maximum atomic E-state index is 12.2. The van der Waals surface area contributed by atoms with Crippen molar-refractivity contribution in [2.24, 2.45) is 5.73 Å². The van der Waals surface area contributed by atoms with Crippen LogP contribution in [-0.4, -0.2) is 49.3 Å². The Morgan fingerprint density at radius 2 is 1.30 bits per heavy atom. The van der Waals surface area contributed by atoms with E-state index in [2.05, 4.69) is 18.4 Å². The van der Waals surface area contributed by atoms with Gasteiger partial charge in [0, 0.05) is 19.4 Å². The second kappa shape index (κ2) is 21.5. The second-order valence-electron chi connectivity index (χ2n) is 8.22. The van der Waals surface area contributed by atoms with Crippen LogP contribution >= 0.6 is 7.82 Å². The summed E-state index contributed by atoms with van der Waals surface area (Å²) in [7, 11) is -4.33. The van der Waals surface area contributed by atoms with Crippen molar-refractivity contribution in [2.75, 3.05) is 26.4 Å². The van der Waals surface area contributed by atoms with E-state index >= 15 is 0 Å². The average molecular weight is 496 g/mol. The molecule has 0 aromatic heterocycles. The highest BCUT2D eigenvalue weighted by Gasteiger charge is 2.25. The quantitative estimate of drug-likeness (QED) is 0.114. The molecule has 0 radical (unpaired) electrons. The summed E-state index contributed by atoms with van der Waals surface area (Å²) < 4.78 is 32.0. The summed E-state index contributed by atoms with van der Waals surface area (Å²) in [5.74, 6) is -0.856. The first kappa shape index (κ1) is 32.0. The van der Waals surface area contributed by atoms with Crippen LogP contribution in [0.5, 0.6) is 0 Å². The minimum absolute atomic E-state index is 0.0561. The summed E-state index contributed by atoms with van der Waals surface area (Å²) in [6, 6.07) is 0. The Morgan fingerprint density at radius 1 is 0.788 bits per heavy atom. The zero-order valence-electron chi connectivity index (χ0n) is 20.6. The summed E-state index contributed by atoms with van der Waals surface area (Å²) in [6.45, 7) is 3.51. The van der Waals surface area contributed by atoms with E-state index in [-0.39, 0.29) is 32.6 Å². The summed E-state index contributed by atoms with van der Waals surface area (Å²) >= 11 is 0. The van der Waals surface area contributed by atoms with E-state index in [1.165, 1.54) is 25.7 Å². The van der Waals surface area contributed by atoms with Gasteiger partial charge in [-0.2, -0.15) is 0 Å². The lowest BCUT2D eigenvalue weighted by atomic mass is 10.1. The number of carbonyl (C=O) groups excluding carboxylic acids is 2. The molecule has 0 heterocycles. The number of hydrogen-bond acceptors (Lipinski definition) is 8. The van der Waals surface area contributed by atoms with Gasteiger partial charge < -0.3 is 20.1 Å². The Bertz CT molecular complexity index is 547. The molecule has 0 aliphatic heterocycles. The third-order valence-electron chi connectivity index (χ3n) is 4.99. The molecule has 9 nitrogen and oxygen atoms in total. The van der Waals surface area contributed by atoms with E-state index in [0.717, 1.165) is 44.9 Å². The van der Waals surface area contributed by atoms with Crippen LogP contribution in [0.3, 0.4) is 0 Å². The molecular weight excluding hydrogens is 449 g/mol. The van der Waals surface area contributed by atoms with Gasteiger partial charge in [0.1, 0.15) is 6.61 Å². The number of unbranched alkanes of at least 4 members (excludes halogenated alkanes) is 10. The average Bonchev–Trinajstić information content (AvgIpc) is 2.79. The van der Waals surface area contributed by atoms with Crippen LogP contribution in [0.1, 0.15) is 104 Å². The minimum Gasteiger partial charge on any atom is -0.462 e. The van der Waals surface area contributed by atoms with Crippen LogP contribution in [0.15, 0.2) is 0 Å². The van der Waals surface area contributed by atoms with Crippen molar-refractivity contribution in [3.63, 3.8) is 0 Å². The first-order valence-corrected chi connectivity index (χ1v) is 14.0. The molecular formula is C23H46NO8P. The molecule has 33 heavy (non-hydrogen) atoms. The number of esters is 2. The molecule has 0 spiro atoms. The number of rotatable bonds is 23. The zero-order valence-corrected chi connectivity index (χ0v) is 21.5. The largest absolute Gasteiger partial charge is 0.472 e. The molecule has 0 amide bonds. The number of carbonyl (C=O) groups is 2. The lowest BCUT2D eigenvalue weighted by Crippen LogP contribution is -2.29. The van der Waals surface area contributed by atoms with Crippen LogP contribution in [0.25, 0.3) is 0 Å². The summed E-state index contributed by atoms with van der Waals surface area (Å²) in [5.41, 5.74) is 5.26. The normalized spacial score (nSPS) is 13.9. The molecule has 2 atom stereocenters. The first-order valence-electron chi connectivity index (χ1n) is 12.5. The number of phosphoric acid groups is 1. The minimum atomic E-state index is -4.33. The molecule has 0 rings (SSSR count). The highest BCUT2D eigenvalue weighted by molar-refractivity contribution is 7.47. The molecule has 0 fully saturated rings. The summed E-state index contributed by atoms with van der Waals surface area (Å²) in [4.78, 5) is 33.8. The fourth-order valence-corrected chi connectivity index (χ4v) is 3.87. The van der Waals surface area contributed by atoms with E-state index < -0.39 is 32.5 Å². The van der Waals surface area contributed by atoms with E-state index in [4.69, 9.17) is 19.7 Å². The van der Waals surface area contributed by atoms with Crippen LogP contribution in [-0.2, 0) is 32.7 Å². The van der Waals surface area contributed by atoms with Gasteiger partial charge in [-0.1, -0.05) is 78.1 Å². The van der Waals surface area contributed by atoms with Crippen molar-refractivity contribution in [3.05, 3.63) is 0 Å². The topological polar surface area (TPSA) is 134 Å². The predicted molar refractivity (Wildman–Crippen MR) is 128 cm³/mol. The number of hydrogen-bond donors (Lipinski definition) is 2. The van der Waals surface area contributed by atoms with Crippen molar-refractivity contribution >= 4 is 19.8 Å². The van der Waals surface area contributed by atoms with Gasteiger partial charge in [-0.15, -0.1) is 0 Å².